The first-order chi connectivity index (χ1) is 16.8. The molecule has 1 saturated heterocycles. The van der Waals surface area contributed by atoms with Crippen LogP contribution in [0.5, 0.6) is 0 Å². The van der Waals surface area contributed by atoms with Gasteiger partial charge >= 0.3 is 17.8 Å². The number of carbonyl (C=O) groups is 3. The highest BCUT2D eigenvalue weighted by atomic mass is 35.5. The number of rotatable bonds is 8. The van der Waals surface area contributed by atoms with Crippen LogP contribution in [0.1, 0.15) is 53.4 Å². The standard InChI is InChI=1S/C26H34ClFN4O4/c1-25(2)12-19(30-24(35)23(34)29-18-8-9-20(27)21(28)11-18)13-26(3,4)32(25)16-17-14-31(15-17)10-6-7-22(33)36-5/h8-9,11,14-15,19H,6-7,10,12-13,16H2,1-5H3,(H-,29,30,34,35)/p+1. The molecule has 2 amide bonds. The number of amides is 2. The van der Waals surface area contributed by atoms with Gasteiger partial charge in [0.15, 0.2) is 12.4 Å². The quantitative estimate of drug-likeness (QED) is 0.310. The summed E-state index contributed by atoms with van der Waals surface area (Å²) in [6.07, 6.45) is 6.66. The molecule has 2 heterocycles. The van der Waals surface area contributed by atoms with Gasteiger partial charge in [0.25, 0.3) is 0 Å². The summed E-state index contributed by atoms with van der Waals surface area (Å²) in [5.74, 6) is -2.48. The van der Waals surface area contributed by atoms with Gasteiger partial charge in [-0.1, -0.05) is 11.6 Å². The van der Waals surface area contributed by atoms with Crippen molar-refractivity contribution in [1.29, 1.82) is 0 Å². The van der Waals surface area contributed by atoms with Gasteiger partial charge in [0, 0.05) is 35.8 Å². The van der Waals surface area contributed by atoms with Gasteiger partial charge in [-0.3, -0.25) is 19.3 Å². The molecule has 3 rings (SSSR count). The van der Waals surface area contributed by atoms with Crippen molar-refractivity contribution in [3.8, 4) is 0 Å². The second-order valence-corrected chi connectivity index (χ2v) is 11.0. The third-order valence-corrected chi connectivity index (χ3v) is 7.01. The molecule has 1 fully saturated rings. The van der Waals surface area contributed by atoms with Crippen LogP contribution in [0.4, 0.5) is 10.1 Å². The highest BCUT2D eigenvalue weighted by Crippen LogP contribution is 2.39. The Morgan fingerprint density at radius 2 is 1.81 bits per heavy atom. The van der Waals surface area contributed by atoms with Crippen molar-refractivity contribution in [3.63, 3.8) is 0 Å². The summed E-state index contributed by atoms with van der Waals surface area (Å²) >= 11 is 5.67. The fraction of sp³-hybridized carbons (Fsp3) is 0.538. The number of nitrogens with one attached hydrogen (secondary N) is 2. The summed E-state index contributed by atoms with van der Waals surface area (Å²) in [4.78, 5) is 38.7. The van der Waals surface area contributed by atoms with Gasteiger partial charge in [-0.2, -0.15) is 0 Å². The van der Waals surface area contributed by atoms with Crippen molar-refractivity contribution in [1.82, 2.24) is 10.2 Å². The van der Waals surface area contributed by atoms with Crippen LogP contribution in [-0.4, -0.2) is 70.8 Å². The molecular formula is C26H35ClFN4O4+. The molecule has 10 heteroatoms. The van der Waals surface area contributed by atoms with Gasteiger partial charge < -0.3 is 15.4 Å². The Morgan fingerprint density at radius 3 is 2.39 bits per heavy atom. The summed E-state index contributed by atoms with van der Waals surface area (Å²) in [5.41, 5.74) is 0.883. The van der Waals surface area contributed by atoms with Crippen LogP contribution < -0.4 is 10.6 Å². The number of benzene rings is 1. The molecule has 0 bridgehead atoms. The zero-order valence-electron chi connectivity index (χ0n) is 21.5. The minimum absolute atomic E-state index is 0.0600. The maximum absolute atomic E-state index is 13.6. The molecule has 1 aromatic rings. The van der Waals surface area contributed by atoms with E-state index in [0.717, 1.165) is 25.6 Å². The van der Waals surface area contributed by atoms with Crippen LogP contribution in [0.2, 0.25) is 5.02 Å². The van der Waals surface area contributed by atoms with E-state index in [1.165, 1.54) is 24.8 Å². The Morgan fingerprint density at radius 1 is 1.17 bits per heavy atom. The van der Waals surface area contributed by atoms with Gasteiger partial charge in [0.2, 0.25) is 0 Å². The van der Waals surface area contributed by atoms with Crippen molar-refractivity contribution in [3.05, 3.63) is 40.8 Å². The summed E-state index contributed by atoms with van der Waals surface area (Å²) in [7, 11) is 1.40. The van der Waals surface area contributed by atoms with E-state index in [1.807, 2.05) is 0 Å². The minimum Gasteiger partial charge on any atom is -0.469 e. The molecule has 0 spiro atoms. The number of anilines is 1. The Balaban J connectivity index is 1.54. The minimum atomic E-state index is -0.851. The molecule has 0 atom stereocenters. The Bertz CT molecular complexity index is 1080. The fourth-order valence-corrected chi connectivity index (χ4v) is 5.29. The van der Waals surface area contributed by atoms with Crippen LogP contribution >= 0.6 is 11.6 Å². The van der Waals surface area contributed by atoms with Crippen molar-refractivity contribution in [2.24, 2.45) is 0 Å². The van der Waals surface area contributed by atoms with Gasteiger partial charge in [0.05, 0.1) is 24.1 Å². The number of likely N-dealkylation sites (tertiary alicyclic amines) is 1. The molecule has 1 aromatic carbocycles. The van der Waals surface area contributed by atoms with Gasteiger partial charge in [-0.05, 0) is 58.7 Å². The predicted molar refractivity (Wildman–Crippen MR) is 137 cm³/mol. The normalized spacial score (nSPS) is 19.0. The van der Waals surface area contributed by atoms with Gasteiger partial charge in [-0.25, -0.2) is 8.97 Å². The maximum Gasteiger partial charge on any atom is 0.313 e. The van der Waals surface area contributed by atoms with E-state index >= 15 is 0 Å². The third-order valence-electron chi connectivity index (χ3n) is 6.70. The van der Waals surface area contributed by atoms with E-state index in [0.29, 0.717) is 19.3 Å². The van der Waals surface area contributed by atoms with Gasteiger partial charge in [-0.15, -0.1) is 0 Å². The maximum atomic E-state index is 13.6. The number of halogens is 2. The lowest BCUT2D eigenvalue weighted by Crippen LogP contribution is -2.65. The number of hydrogen-bond donors (Lipinski definition) is 2. The molecular weight excluding hydrogens is 487 g/mol. The number of methoxy groups -OCH3 is 1. The van der Waals surface area contributed by atoms with Crippen LogP contribution in [0, 0.1) is 5.82 Å². The first kappa shape index (κ1) is 27.8. The lowest BCUT2D eigenvalue weighted by Gasteiger charge is -2.55. The number of esters is 1. The summed E-state index contributed by atoms with van der Waals surface area (Å²) in [5, 5.41) is 5.21. The van der Waals surface area contributed by atoms with E-state index in [4.69, 9.17) is 11.6 Å². The zero-order valence-corrected chi connectivity index (χ0v) is 22.2. The molecule has 0 aromatic heterocycles. The Labute approximate surface area is 216 Å². The monoisotopic (exact) mass is 521 g/mol. The number of carbonyl (C=O) groups excluding carboxylic acids is 3. The predicted octanol–water partition coefficient (Wildman–Crippen LogP) is 3.49. The van der Waals surface area contributed by atoms with Crippen molar-refractivity contribution >= 4 is 41.3 Å². The average molecular weight is 522 g/mol. The number of ether oxygens (including phenoxy) is 1. The molecule has 2 N–H and O–H groups in total. The molecule has 196 valence electrons. The van der Waals surface area contributed by atoms with E-state index in [-0.39, 0.29) is 33.8 Å². The molecule has 8 nitrogen and oxygen atoms in total. The van der Waals surface area contributed by atoms with Crippen LogP contribution in [0.15, 0.2) is 30.0 Å². The second-order valence-electron chi connectivity index (χ2n) is 10.6. The van der Waals surface area contributed by atoms with Crippen LogP contribution in [0.3, 0.4) is 0 Å². The summed E-state index contributed by atoms with van der Waals surface area (Å²) < 4.78 is 20.4. The smallest absolute Gasteiger partial charge is 0.313 e. The largest absolute Gasteiger partial charge is 0.469 e. The van der Waals surface area contributed by atoms with Crippen LogP contribution in [-0.2, 0) is 19.1 Å². The van der Waals surface area contributed by atoms with Crippen molar-refractivity contribution in [2.45, 2.75) is 70.5 Å². The molecule has 0 saturated carbocycles. The Hall–Kier alpha value is -2.78. The highest BCUT2D eigenvalue weighted by molar-refractivity contribution is 6.39. The molecule has 0 unspecified atom stereocenters. The number of nitrogens with zero attached hydrogens (tertiary/aromatic N) is 2. The van der Waals surface area contributed by atoms with Crippen LogP contribution in [0.25, 0.3) is 0 Å². The van der Waals surface area contributed by atoms with E-state index < -0.39 is 17.6 Å². The van der Waals surface area contributed by atoms with Crippen molar-refractivity contribution < 1.29 is 28.1 Å². The first-order valence-corrected chi connectivity index (χ1v) is 12.4. The molecule has 0 aliphatic carbocycles. The topological polar surface area (TPSA) is 90.8 Å². The fourth-order valence-electron chi connectivity index (χ4n) is 5.18. The number of hydrogen-bond acceptors (Lipinski definition) is 5. The molecule has 2 aliphatic heterocycles. The van der Waals surface area contributed by atoms with E-state index in [9.17, 15) is 18.8 Å². The summed E-state index contributed by atoms with van der Waals surface area (Å²) in [6, 6.07) is 3.64. The zero-order chi connectivity index (χ0) is 26.7. The molecule has 2 aliphatic rings. The van der Waals surface area contributed by atoms with E-state index in [1.54, 1.807) is 0 Å². The lowest BCUT2D eigenvalue weighted by atomic mass is 9.76. The van der Waals surface area contributed by atoms with Crippen molar-refractivity contribution in [2.75, 3.05) is 25.5 Å². The number of piperidine rings is 1. The second kappa shape index (κ2) is 11.1. The molecule has 0 radical (unpaired) electrons. The third kappa shape index (κ3) is 6.91. The first-order valence-electron chi connectivity index (χ1n) is 12.0. The SMILES string of the molecule is COC(=O)CCC[N+]1=CC(CN2C(C)(C)CC(NC(=O)C(=O)Nc3ccc(Cl)c(F)c3)CC2(C)C)=C1. The highest BCUT2D eigenvalue weighted by Gasteiger charge is 2.46. The lowest BCUT2D eigenvalue weighted by molar-refractivity contribution is -0.464. The summed E-state index contributed by atoms with van der Waals surface area (Å²) in [6.45, 7) is 10.1. The van der Waals surface area contributed by atoms with Gasteiger partial charge in [0.1, 0.15) is 12.4 Å². The molecule has 36 heavy (non-hydrogen) atoms. The average Bonchev–Trinajstić information content (AvgIpc) is 2.75. The van der Waals surface area contributed by atoms with E-state index in [2.05, 4.69) is 65.0 Å². The Kier molecular flexibility index (Phi) is 8.56.